The van der Waals surface area contributed by atoms with Crippen molar-refractivity contribution in [2.75, 3.05) is 6.61 Å². The van der Waals surface area contributed by atoms with Crippen LogP contribution in [0, 0.1) is 6.92 Å². The lowest BCUT2D eigenvalue weighted by atomic mass is 10.2. The van der Waals surface area contributed by atoms with Gasteiger partial charge in [-0.1, -0.05) is 12.1 Å². The minimum atomic E-state index is -0.745. The van der Waals surface area contributed by atoms with Gasteiger partial charge >= 0.3 is 5.97 Å². The molecule has 3 nitrogen and oxygen atoms in total. The van der Waals surface area contributed by atoms with E-state index in [1.54, 1.807) is 0 Å². The van der Waals surface area contributed by atoms with Crippen LogP contribution in [0.5, 0.6) is 5.75 Å². The van der Waals surface area contributed by atoms with Gasteiger partial charge in [-0.15, -0.1) is 0 Å². The summed E-state index contributed by atoms with van der Waals surface area (Å²) in [5, 5.41) is 8.43. The third-order valence-corrected chi connectivity index (χ3v) is 2.04. The van der Waals surface area contributed by atoms with Crippen molar-refractivity contribution in [3.05, 3.63) is 29.8 Å². The molecule has 1 rings (SSSR count). The molecule has 0 aliphatic heterocycles. The van der Waals surface area contributed by atoms with Crippen molar-refractivity contribution in [1.82, 2.24) is 0 Å². The zero-order valence-corrected chi connectivity index (χ0v) is 8.90. The Labute approximate surface area is 89.7 Å². The van der Waals surface area contributed by atoms with E-state index in [-0.39, 0.29) is 6.42 Å². The Morgan fingerprint density at radius 3 is 2.87 bits per heavy atom. The minimum Gasteiger partial charge on any atom is -0.494 e. The van der Waals surface area contributed by atoms with Crippen LogP contribution in [0.3, 0.4) is 0 Å². The van der Waals surface area contributed by atoms with E-state index < -0.39 is 5.97 Å². The lowest BCUT2D eigenvalue weighted by Crippen LogP contribution is -2.00. The van der Waals surface area contributed by atoms with Gasteiger partial charge in [-0.25, -0.2) is 0 Å². The molecule has 82 valence electrons. The molecular weight excluding hydrogens is 192 g/mol. The van der Waals surface area contributed by atoms with Crippen molar-refractivity contribution < 1.29 is 14.6 Å². The molecule has 0 saturated heterocycles. The number of hydrogen-bond donors (Lipinski definition) is 1. The first-order valence-corrected chi connectivity index (χ1v) is 5.10. The summed E-state index contributed by atoms with van der Waals surface area (Å²) in [6.07, 6.45) is 1.67. The molecule has 0 fully saturated rings. The molecule has 0 spiro atoms. The SMILES string of the molecule is Cc1cccc(OCCCCC(=O)O)c1. The quantitative estimate of drug-likeness (QED) is 0.731. The number of carbonyl (C=O) groups is 1. The lowest BCUT2D eigenvalue weighted by Gasteiger charge is -2.05. The molecule has 1 N–H and O–H groups in total. The van der Waals surface area contributed by atoms with Crippen LogP contribution in [0.1, 0.15) is 24.8 Å². The summed E-state index contributed by atoms with van der Waals surface area (Å²) in [4.78, 5) is 10.2. The van der Waals surface area contributed by atoms with E-state index in [0.717, 1.165) is 17.7 Å². The van der Waals surface area contributed by atoms with Gasteiger partial charge in [0.15, 0.2) is 0 Å². The van der Waals surface area contributed by atoms with Crippen LogP contribution in [-0.2, 0) is 4.79 Å². The maximum absolute atomic E-state index is 10.2. The molecule has 0 aromatic heterocycles. The van der Waals surface area contributed by atoms with Crippen molar-refractivity contribution >= 4 is 5.97 Å². The van der Waals surface area contributed by atoms with E-state index in [9.17, 15) is 4.79 Å². The second-order valence-electron chi connectivity index (χ2n) is 3.52. The Morgan fingerprint density at radius 1 is 1.40 bits per heavy atom. The van der Waals surface area contributed by atoms with Crippen molar-refractivity contribution in [3.8, 4) is 5.75 Å². The molecule has 0 saturated carbocycles. The van der Waals surface area contributed by atoms with Crippen LogP contribution >= 0.6 is 0 Å². The normalized spacial score (nSPS) is 9.93. The number of unbranched alkanes of at least 4 members (excludes halogenated alkanes) is 1. The zero-order valence-electron chi connectivity index (χ0n) is 8.90. The standard InChI is InChI=1S/C12H16O3/c1-10-5-4-6-11(9-10)15-8-3-2-7-12(13)14/h4-6,9H,2-3,7-8H2,1H3,(H,13,14). The topological polar surface area (TPSA) is 46.5 Å². The fourth-order valence-corrected chi connectivity index (χ4v) is 1.27. The predicted molar refractivity (Wildman–Crippen MR) is 58.2 cm³/mol. The van der Waals surface area contributed by atoms with Gasteiger partial charge in [-0.2, -0.15) is 0 Å². The van der Waals surface area contributed by atoms with Crippen molar-refractivity contribution in [2.24, 2.45) is 0 Å². The van der Waals surface area contributed by atoms with E-state index in [1.165, 1.54) is 0 Å². The number of hydrogen-bond acceptors (Lipinski definition) is 2. The summed E-state index contributed by atoms with van der Waals surface area (Å²) in [6.45, 7) is 2.59. The highest BCUT2D eigenvalue weighted by Crippen LogP contribution is 2.12. The van der Waals surface area contributed by atoms with Gasteiger partial charge < -0.3 is 9.84 Å². The van der Waals surface area contributed by atoms with Gasteiger partial charge in [-0.3, -0.25) is 4.79 Å². The maximum Gasteiger partial charge on any atom is 0.303 e. The molecule has 0 atom stereocenters. The average molecular weight is 208 g/mol. The maximum atomic E-state index is 10.2. The van der Waals surface area contributed by atoms with E-state index in [1.807, 2.05) is 31.2 Å². The number of rotatable bonds is 6. The van der Waals surface area contributed by atoms with E-state index in [2.05, 4.69) is 0 Å². The summed E-state index contributed by atoms with van der Waals surface area (Å²) >= 11 is 0. The van der Waals surface area contributed by atoms with Gasteiger partial charge in [0.05, 0.1) is 6.61 Å². The Hall–Kier alpha value is -1.51. The first-order valence-electron chi connectivity index (χ1n) is 5.10. The smallest absolute Gasteiger partial charge is 0.303 e. The Kier molecular flexibility index (Phi) is 4.68. The number of ether oxygens (including phenoxy) is 1. The van der Waals surface area contributed by atoms with Gasteiger partial charge in [0.2, 0.25) is 0 Å². The van der Waals surface area contributed by atoms with Gasteiger partial charge in [-0.05, 0) is 37.5 Å². The fraction of sp³-hybridized carbons (Fsp3) is 0.417. The molecule has 15 heavy (non-hydrogen) atoms. The highest BCUT2D eigenvalue weighted by atomic mass is 16.5. The number of benzene rings is 1. The van der Waals surface area contributed by atoms with Crippen LogP contribution in [0.4, 0.5) is 0 Å². The largest absolute Gasteiger partial charge is 0.494 e. The van der Waals surface area contributed by atoms with Gasteiger partial charge in [0.25, 0.3) is 0 Å². The first-order chi connectivity index (χ1) is 7.18. The van der Waals surface area contributed by atoms with Crippen LogP contribution in [-0.4, -0.2) is 17.7 Å². The van der Waals surface area contributed by atoms with Gasteiger partial charge in [0.1, 0.15) is 5.75 Å². The van der Waals surface area contributed by atoms with Crippen molar-refractivity contribution in [3.63, 3.8) is 0 Å². The molecule has 3 heteroatoms. The Balaban J connectivity index is 2.17. The van der Waals surface area contributed by atoms with Crippen LogP contribution in [0.25, 0.3) is 0 Å². The molecule has 0 radical (unpaired) electrons. The van der Waals surface area contributed by atoms with Crippen molar-refractivity contribution in [1.29, 1.82) is 0 Å². The van der Waals surface area contributed by atoms with Crippen LogP contribution in [0.15, 0.2) is 24.3 Å². The fourth-order valence-electron chi connectivity index (χ4n) is 1.27. The molecule has 0 heterocycles. The summed E-state index contributed by atoms with van der Waals surface area (Å²) in [5.41, 5.74) is 1.16. The zero-order chi connectivity index (χ0) is 11.1. The summed E-state index contributed by atoms with van der Waals surface area (Å²) in [6, 6.07) is 7.83. The van der Waals surface area contributed by atoms with E-state index in [0.29, 0.717) is 13.0 Å². The summed E-state index contributed by atoms with van der Waals surface area (Å²) in [7, 11) is 0. The third-order valence-electron chi connectivity index (χ3n) is 2.04. The van der Waals surface area contributed by atoms with Gasteiger partial charge in [0, 0.05) is 6.42 Å². The molecular formula is C12H16O3. The number of aryl methyl sites for hydroxylation is 1. The van der Waals surface area contributed by atoms with E-state index in [4.69, 9.17) is 9.84 Å². The average Bonchev–Trinajstić information content (AvgIpc) is 2.17. The molecule has 1 aromatic carbocycles. The number of carboxylic acid groups (broad SMARTS) is 1. The molecule has 1 aromatic rings. The van der Waals surface area contributed by atoms with E-state index >= 15 is 0 Å². The molecule has 0 unspecified atom stereocenters. The lowest BCUT2D eigenvalue weighted by molar-refractivity contribution is -0.137. The summed E-state index contributed by atoms with van der Waals surface area (Å²) < 4.78 is 5.48. The van der Waals surface area contributed by atoms with Crippen LogP contribution in [0.2, 0.25) is 0 Å². The Bertz CT molecular complexity index is 320. The molecule has 0 aliphatic carbocycles. The molecule has 0 bridgehead atoms. The molecule has 0 aliphatic rings. The van der Waals surface area contributed by atoms with Crippen molar-refractivity contribution in [2.45, 2.75) is 26.2 Å². The monoisotopic (exact) mass is 208 g/mol. The minimum absolute atomic E-state index is 0.219. The second kappa shape index (κ2) is 6.06. The predicted octanol–water partition coefficient (Wildman–Crippen LogP) is 2.63. The molecule has 0 amide bonds. The number of aliphatic carboxylic acids is 1. The number of carboxylic acids is 1. The Morgan fingerprint density at radius 2 is 2.20 bits per heavy atom. The first kappa shape index (κ1) is 11.6. The van der Waals surface area contributed by atoms with Crippen LogP contribution < -0.4 is 4.74 Å². The summed E-state index contributed by atoms with van der Waals surface area (Å²) in [5.74, 6) is 0.107. The highest BCUT2D eigenvalue weighted by Gasteiger charge is 1.97. The highest BCUT2D eigenvalue weighted by molar-refractivity contribution is 5.66. The second-order valence-corrected chi connectivity index (χ2v) is 3.52. The third kappa shape index (κ3) is 5.05.